The molecule has 0 fully saturated rings. The van der Waals surface area contributed by atoms with Gasteiger partial charge in [0.15, 0.2) is 0 Å². The number of hydrogen-bond acceptors (Lipinski definition) is 4. The fourth-order valence-electron chi connectivity index (χ4n) is 10.8. The van der Waals surface area contributed by atoms with E-state index in [2.05, 4.69) is 128 Å². The fourth-order valence-corrected chi connectivity index (χ4v) is 10.8. The third kappa shape index (κ3) is 8.69. The first-order chi connectivity index (χ1) is 37.9. The Hall–Kier alpha value is -7.11. The fraction of sp³-hybridized carbons (Fsp3) is 0.309. The lowest BCUT2D eigenvalue weighted by molar-refractivity contribution is 0.332. The van der Waals surface area contributed by atoms with Gasteiger partial charge in [0.25, 0.3) is 0 Å². The van der Waals surface area contributed by atoms with Gasteiger partial charge < -0.3 is 14.5 Å². The van der Waals surface area contributed by atoms with Crippen LogP contribution in [-0.2, 0) is 27.1 Å². The Morgan fingerprint density at radius 1 is 0.521 bits per heavy atom. The Kier molecular flexibility index (Phi) is 9.32. The third-order valence-corrected chi connectivity index (χ3v) is 15.4. The number of anilines is 4. The molecule has 3 heterocycles. The highest BCUT2D eigenvalue weighted by atomic mass is 16.5. The first-order valence-electron chi connectivity index (χ1n) is 29.8. The summed E-state index contributed by atoms with van der Waals surface area (Å²) in [5.74, 6) is 1.58. The number of hydrogen-bond donors (Lipinski definition) is 0. The number of fused-ring (bicyclic) bond motifs is 5. The molecule has 5 nitrogen and oxygen atoms in total. The molecule has 2 aromatic heterocycles. The largest absolute Gasteiger partial charge is 0.457 e. The molecule has 0 atom stereocenters. The number of benzene rings is 7. The second-order valence-electron chi connectivity index (χ2n) is 24.7. The molecule has 1 aliphatic heterocycles. The summed E-state index contributed by atoms with van der Waals surface area (Å²) in [7, 11) is 0. The highest BCUT2D eigenvalue weighted by Gasteiger charge is 2.38. The molecule has 0 N–H and O–H groups in total. The van der Waals surface area contributed by atoms with E-state index in [9.17, 15) is 5.48 Å². The average Bonchev–Trinajstić information content (AvgIpc) is 2.71. The van der Waals surface area contributed by atoms with Gasteiger partial charge in [-0.25, -0.2) is 4.98 Å². The predicted molar refractivity (Wildman–Crippen MR) is 309 cm³/mol. The summed E-state index contributed by atoms with van der Waals surface area (Å²) in [5.41, 5.74) is 11.0. The lowest BCUT2D eigenvalue weighted by Crippen LogP contribution is -2.33. The Labute approximate surface area is 445 Å². The number of pyridine rings is 1. The van der Waals surface area contributed by atoms with Crippen LogP contribution in [0.2, 0.25) is 0 Å². The summed E-state index contributed by atoms with van der Waals surface area (Å²) in [6, 6.07) is 35.9. The summed E-state index contributed by atoms with van der Waals surface area (Å²) in [5, 5.41) is 1.05. The normalized spacial score (nSPS) is 17.0. The van der Waals surface area contributed by atoms with Crippen molar-refractivity contribution in [1.82, 2.24) is 9.55 Å². The zero-order chi connectivity index (χ0) is 58.4. The van der Waals surface area contributed by atoms with E-state index in [0.717, 1.165) is 57.8 Å². The highest BCUT2D eigenvalue weighted by Crippen LogP contribution is 2.54. The number of rotatable bonds is 7. The van der Waals surface area contributed by atoms with Crippen molar-refractivity contribution in [2.75, 3.05) is 16.5 Å². The summed E-state index contributed by atoms with van der Waals surface area (Å²) in [4.78, 5) is 9.29. The number of nitrogens with zero attached hydrogens (tertiary/aromatic N) is 4. The van der Waals surface area contributed by atoms with Crippen molar-refractivity contribution >= 4 is 44.6 Å². The van der Waals surface area contributed by atoms with Gasteiger partial charge in [0.1, 0.15) is 24.0 Å². The molecule has 0 spiro atoms. The highest BCUT2D eigenvalue weighted by molar-refractivity contribution is 6.09. The zero-order valence-electron chi connectivity index (χ0n) is 52.8. The summed E-state index contributed by atoms with van der Waals surface area (Å²) in [6.07, 6.45) is 3.86. The molecule has 9 aromatic rings. The number of aromatic nitrogens is 2. The minimum absolute atomic E-state index is 0.0112. The van der Waals surface area contributed by atoms with Crippen LogP contribution in [0.15, 0.2) is 164 Å². The maximum atomic E-state index is 9.84. The van der Waals surface area contributed by atoms with E-state index in [0.29, 0.717) is 56.9 Å². The van der Waals surface area contributed by atoms with Crippen LogP contribution in [-0.4, -0.2) is 16.2 Å². The summed E-state index contributed by atoms with van der Waals surface area (Å²) >= 11 is 0. The summed E-state index contributed by atoms with van der Waals surface area (Å²) in [6.45, 7) is 28.4. The number of para-hydroxylation sites is 3. The molecular weight excluding hydrogens is 889 g/mol. The standard InChI is InChI=1S/C68H72N4O/c1-64(2,3)46-28-25-44(26-29-46)54-38-48(66(7,8)9)39-55(45-27-32-56-57(37-45)68(12,13)35-34-67(56,10)11)63(54)71-43-70(59-23-16-17-24-60(59)71)49-19-18-20-50(41-49)73-51-30-31-53-52-21-14-15-22-58(52)72(61(53)42-51)62-40-47(33-36-69-62)65(4,5)6/h14-33,36-42H,34-35,43H2,1-13H3/i14D,15D,21D,22D,25D,26D,28D,29D. The monoisotopic (exact) mass is 969 g/mol. The molecule has 0 saturated heterocycles. The van der Waals surface area contributed by atoms with Crippen molar-refractivity contribution in [3.63, 3.8) is 0 Å². The van der Waals surface area contributed by atoms with Crippen LogP contribution >= 0.6 is 0 Å². The smallest absolute Gasteiger partial charge is 0.137 e. The van der Waals surface area contributed by atoms with Crippen molar-refractivity contribution in [3.05, 3.63) is 192 Å². The Morgan fingerprint density at radius 3 is 1.86 bits per heavy atom. The maximum absolute atomic E-state index is 9.84. The van der Waals surface area contributed by atoms with Gasteiger partial charge >= 0.3 is 0 Å². The Morgan fingerprint density at radius 2 is 1.16 bits per heavy atom. The van der Waals surface area contributed by atoms with Crippen LogP contribution < -0.4 is 14.5 Å². The van der Waals surface area contributed by atoms with E-state index < -0.39 is 5.41 Å². The SMILES string of the molecule is [2H]c1c([2H])c(C(C)(C)C)c([2H])c([2H])c1-c1cc(C(C)(C)C)cc(-c2ccc3c(c2)C(C)(C)CCC3(C)C)c1N1CN(c2cccc(Oc3ccc4c5c([2H])c([2H])c([2H])c([2H])c5n(-c5cc(C(C)(C)C)ccn5)c4c3)c2)c2ccccc21. The van der Waals surface area contributed by atoms with Crippen LogP contribution in [0.4, 0.5) is 22.7 Å². The van der Waals surface area contributed by atoms with Gasteiger partial charge in [0.2, 0.25) is 0 Å². The van der Waals surface area contributed by atoms with Crippen LogP contribution in [0.25, 0.3) is 49.9 Å². The van der Waals surface area contributed by atoms with Crippen LogP contribution in [0.3, 0.4) is 0 Å². The molecule has 73 heavy (non-hydrogen) atoms. The van der Waals surface area contributed by atoms with Crippen molar-refractivity contribution < 1.29 is 15.7 Å². The quantitative estimate of drug-likeness (QED) is 0.159. The van der Waals surface area contributed by atoms with Gasteiger partial charge in [0, 0.05) is 45.9 Å². The molecule has 1 aliphatic carbocycles. The van der Waals surface area contributed by atoms with Crippen molar-refractivity contribution in [2.45, 2.75) is 130 Å². The number of ether oxygens (including phenoxy) is 1. The first-order valence-corrected chi connectivity index (χ1v) is 25.8. The van der Waals surface area contributed by atoms with E-state index in [-0.39, 0.29) is 75.6 Å². The topological polar surface area (TPSA) is 33.5 Å². The predicted octanol–water partition coefficient (Wildman–Crippen LogP) is 18.8. The lowest BCUT2D eigenvalue weighted by Gasteiger charge is -2.42. The molecule has 5 heteroatoms. The molecule has 0 bridgehead atoms. The van der Waals surface area contributed by atoms with Gasteiger partial charge in [0.05, 0.1) is 39.1 Å². The molecule has 2 aliphatic rings. The van der Waals surface area contributed by atoms with Crippen LogP contribution in [0.1, 0.15) is 142 Å². The van der Waals surface area contributed by atoms with Gasteiger partial charge in [-0.2, -0.15) is 0 Å². The van der Waals surface area contributed by atoms with Gasteiger partial charge in [-0.3, -0.25) is 4.57 Å². The molecule has 0 amide bonds. The van der Waals surface area contributed by atoms with E-state index in [4.69, 9.17) is 15.2 Å². The van der Waals surface area contributed by atoms with Gasteiger partial charge in [-0.15, -0.1) is 0 Å². The minimum atomic E-state index is -0.642. The second kappa shape index (κ2) is 17.3. The van der Waals surface area contributed by atoms with Crippen molar-refractivity contribution in [3.8, 4) is 39.6 Å². The molecule has 7 aromatic carbocycles. The molecule has 0 unspecified atom stereocenters. The van der Waals surface area contributed by atoms with E-state index in [1.165, 1.54) is 11.1 Å². The molecule has 0 radical (unpaired) electrons. The first kappa shape index (κ1) is 39.4. The summed E-state index contributed by atoms with van der Waals surface area (Å²) < 4.78 is 82.8. The van der Waals surface area contributed by atoms with Crippen molar-refractivity contribution in [1.29, 1.82) is 0 Å². The molecule has 0 saturated carbocycles. The van der Waals surface area contributed by atoms with Crippen molar-refractivity contribution in [2.24, 2.45) is 0 Å². The lowest BCUT2D eigenvalue weighted by atomic mass is 9.63. The van der Waals surface area contributed by atoms with E-state index in [1.54, 1.807) is 6.20 Å². The van der Waals surface area contributed by atoms with Gasteiger partial charge in [-0.1, -0.05) is 169 Å². The van der Waals surface area contributed by atoms with Crippen LogP contribution in [0, 0.1) is 0 Å². The van der Waals surface area contributed by atoms with Gasteiger partial charge in [-0.05, 0) is 146 Å². The Bertz CT molecular complexity index is 4050. The maximum Gasteiger partial charge on any atom is 0.137 e. The molecule has 370 valence electrons. The van der Waals surface area contributed by atoms with Crippen LogP contribution in [0.5, 0.6) is 11.5 Å². The third-order valence-electron chi connectivity index (χ3n) is 15.4. The molecular formula is C68H72N4O. The van der Waals surface area contributed by atoms with E-state index in [1.807, 2.05) is 86.0 Å². The Balaban J connectivity index is 1.08. The van der Waals surface area contributed by atoms with E-state index >= 15 is 0 Å². The minimum Gasteiger partial charge on any atom is -0.457 e. The second-order valence-corrected chi connectivity index (χ2v) is 24.7. The average molecular weight is 969 g/mol. The zero-order valence-corrected chi connectivity index (χ0v) is 44.8. The molecule has 11 rings (SSSR count).